The van der Waals surface area contributed by atoms with Crippen molar-refractivity contribution in [1.82, 2.24) is 4.90 Å². The fourth-order valence-electron chi connectivity index (χ4n) is 3.81. The molecular formula is C17H23NO3. The third kappa shape index (κ3) is 2.64. The highest BCUT2D eigenvalue weighted by atomic mass is 16.5. The van der Waals surface area contributed by atoms with Gasteiger partial charge in [0, 0.05) is 11.6 Å². The second-order valence-corrected chi connectivity index (χ2v) is 6.24. The Bertz CT molecular complexity index is 555. The summed E-state index contributed by atoms with van der Waals surface area (Å²) in [7, 11) is 0. The molecule has 2 heterocycles. The first-order valence-corrected chi connectivity index (χ1v) is 7.80. The van der Waals surface area contributed by atoms with Crippen molar-refractivity contribution in [3.63, 3.8) is 0 Å². The van der Waals surface area contributed by atoms with E-state index in [0.29, 0.717) is 0 Å². The highest BCUT2D eigenvalue weighted by Gasteiger charge is 2.37. The Kier molecular flexibility index (Phi) is 3.89. The minimum absolute atomic E-state index is 0.171. The van der Waals surface area contributed by atoms with Gasteiger partial charge in [-0.2, -0.15) is 0 Å². The summed E-state index contributed by atoms with van der Waals surface area (Å²) >= 11 is 0. The van der Waals surface area contributed by atoms with Crippen LogP contribution in [0.4, 0.5) is 0 Å². The molecule has 2 aliphatic heterocycles. The first-order chi connectivity index (χ1) is 10.1. The van der Waals surface area contributed by atoms with Crippen molar-refractivity contribution < 1.29 is 14.6 Å². The van der Waals surface area contributed by atoms with Gasteiger partial charge >= 0.3 is 5.97 Å². The largest absolute Gasteiger partial charge is 0.493 e. The third-order valence-electron chi connectivity index (χ3n) is 4.65. The number of ether oxygens (including phenoxy) is 1. The van der Waals surface area contributed by atoms with E-state index in [1.54, 1.807) is 0 Å². The second-order valence-electron chi connectivity index (χ2n) is 6.24. The molecule has 1 fully saturated rings. The molecule has 0 amide bonds. The number of hydrogen-bond acceptors (Lipinski definition) is 3. The zero-order valence-corrected chi connectivity index (χ0v) is 12.8. The molecule has 21 heavy (non-hydrogen) atoms. The van der Waals surface area contributed by atoms with E-state index in [-0.39, 0.29) is 12.1 Å². The molecule has 1 aromatic carbocycles. The number of carbonyl (C=O) groups is 1. The number of carboxylic acids is 1. The molecule has 2 aliphatic rings. The van der Waals surface area contributed by atoms with Gasteiger partial charge in [-0.1, -0.05) is 17.7 Å². The van der Waals surface area contributed by atoms with Crippen LogP contribution < -0.4 is 4.74 Å². The number of aryl methyl sites for hydroxylation is 2. The van der Waals surface area contributed by atoms with Crippen LogP contribution in [0.1, 0.15) is 48.4 Å². The molecule has 1 aromatic rings. The lowest BCUT2D eigenvalue weighted by atomic mass is 9.95. The molecular weight excluding hydrogens is 266 g/mol. The molecule has 0 radical (unpaired) electrons. The van der Waals surface area contributed by atoms with Gasteiger partial charge in [0.05, 0.1) is 6.61 Å². The first kappa shape index (κ1) is 14.4. The van der Waals surface area contributed by atoms with Gasteiger partial charge in [0.1, 0.15) is 11.8 Å². The Morgan fingerprint density at radius 3 is 2.86 bits per heavy atom. The minimum atomic E-state index is -0.691. The van der Waals surface area contributed by atoms with Crippen LogP contribution >= 0.6 is 0 Å². The molecule has 0 aromatic heterocycles. The molecule has 4 heteroatoms. The van der Waals surface area contributed by atoms with E-state index in [0.717, 1.165) is 50.1 Å². The molecule has 114 valence electrons. The third-order valence-corrected chi connectivity index (χ3v) is 4.65. The number of nitrogens with zero attached hydrogens (tertiary/aromatic N) is 1. The van der Waals surface area contributed by atoms with E-state index < -0.39 is 5.97 Å². The molecule has 0 spiro atoms. The quantitative estimate of drug-likeness (QED) is 0.909. The molecule has 0 aliphatic carbocycles. The number of hydrogen-bond donors (Lipinski definition) is 1. The lowest BCUT2D eigenvalue weighted by Gasteiger charge is -2.31. The molecule has 1 N–H and O–H groups in total. The van der Waals surface area contributed by atoms with Gasteiger partial charge in [0.15, 0.2) is 0 Å². The normalized spacial score (nSPS) is 26.0. The average Bonchev–Trinajstić information content (AvgIpc) is 2.81. The number of carboxylic acid groups (broad SMARTS) is 1. The number of benzene rings is 1. The lowest BCUT2D eigenvalue weighted by molar-refractivity contribution is -0.143. The summed E-state index contributed by atoms with van der Waals surface area (Å²) in [4.78, 5) is 13.7. The summed E-state index contributed by atoms with van der Waals surface area (Å²) in [5.74, 6) is 0.280. The summed E-state index contributed by atoms with van der Waals surface area (Å²) in [6.45, 7) is 5.76. The molecule has 2 unspecified atom stereocenters. The van der Waals surface area contributed by atoms with Crippen LogP contribution in [0.25, 0.3) is 0 Å². The Labute approximate surface area is 125 Å². The van der Waals surface area contributed by atoms with Crippen molar-refractivity contribution in [3.8, 4) is 5.75 Å². The molecule has 1 saturated heterocycles. The maximum atomic E-state index is 11.5. The van der Waals surface area contributed by atoms with Crippen LogP contribution in [0, 0.1) is 13.8 Å². The highest BCUT2D eigenvalue weighted by Crippen LogP contribution is 2.41. The Morgan fingerprint density at radius 1 is 1.29 bits per heavy atom. The average molecular weight is 289 g/mol. The van der Waals surface area contributed by atoms with Gasteiger partial charge in [0.25, 0.3) is 0 Å². The van der Waals surface area contributed by atoms with E-state index in [4.69, 9.17) is 4.74 Å². The standard InChI is InChI=1S/C17H23NO3/c1-11-9-12(2)16-13(10-11)14(6-4-8-21-16)18-7-3-5-15(18)17(19)20/h9-10,14-15H,3-8H2,1-2H3,(H,19,20). The summed E-state index contributed by atoms with van der Waals surface area (Å²) < 4.78 is 5.95. The van der Waals surface area contributed by atoms with Crippen molar-refractivity contribution in [3.05, 3.63) is 28.8 Å². The van der Waals surface area contributed by atoms with E-state index in [1.165, 1.54) is 11.1 Å². The summed E-state index contributed by atoms with van der Waals surface area (Å²) in [5.41, 5.74) is 3.55. The van der Waals surface area contributed by atoms with Gasteiger partial charge in [-0.3, -0.25) is 9.69 Å². The van der Waals surface area contributed by atoms with Gasteiger partial charge < -0.3 is 9.84 Å². The second kappa shape index (κ2) is 5.68. The van der Waals surface area contributed by atoms with Gasteiger partial charge in [-0.05, 0) is 51.6 Å². The van der Waals surface area contributed by atoms with Crippen molar-refractivity contribution in [1.29, 1.82) is 0 Å². The number of fused-ring (bicyclic) bond motifs is 1. The van der Waals surface area contributed by atoms with Crippen molar-refractivity contribution in [2.24, 2.45) is 0 Å². The van der Waals surface area contributed by atoms with E-state index in [1.807, 2.05) is 0 Å². The summed E-state index contributed by atoms with van der Waals surface area (Å²) in [5, 5.41) is 9.47. The summed E-state index contributed by atoms with van der Waals surface area (Å²) in [6, 6.07) is 4.14. The maximum absolute atomic E-state index is 11.5. The van der Waals surface area contributed by atoms with Gasteiger partial charge in [-0.25, -0.2) is 0 Å². The van der Waals surface area contributed by atoms with Crippen LogP contribution in [-0.4, -0.2) is 35.2 Å². The van der Waals surface area contributed by atoms with Crippen LogP contribution in [0.2, 0.25) is 0 Å². The van der Waals surface area contributed by atoms with Crippen LogP contribution in [-0.2, 0) is 4.79 Å². The van der Waals surface area contributed by atoms with E-state index >= 15 is 0 Å². The van der Waals surface area contributed by atoms with Crippen molar-refractivity contribution in [2.75, 3.05) is 13.2 Å². The monoisotopic (exact) mass is 289 g/mol. The maximum Gasteiger partial charge on any atom is 0.320 e. The number of rotatable bonds is 2. The van der Waals surface area contributed by atoms with Crippen molar-refractivity contribution in [2.45, 2.75) is 51.6 Å². The number of aliphatic carboxylic acids is 1. The topological polar surface area (TPSA) is 49.8 Å². The predicted molar refractivity (Wildman–Crippen MR) is 80.7 cm³/mol. The fraction of sp³-hybridized carbons (Fsp3) is 0.588. The van der Waals surface area contributed by atoms with E-state index in [2.05, 4.69) is 30.9 Å². The molecule has 2 atom stereocenters. The molecule has 4 nitrogen and oxygen atoms in total. The minimum Gasteiger partial charge on any atom is -0.493 e. The van der Waals surface area contributed by atoms with Crippen LogP contribution in [0.3, 0.4) is 0 Å². The van der Waals surface area contributed by atoms with Gasteiger partial charge in [-0.15, -0.1) is 0 Å². The smallest absolute Gasteiger partial charge is 0.320 e. The first-order valence-electron chi connectivity index (χ1n) is 7.80. The van der Waals surface area contributed by atoms with E-state index in [9.17, 15) is 9.90 Å². The zero-order chi connectivity index (χ0) is 15.0. The van der Waals surface area contributed by atoms with Crippen molar-refractivity contribution >= 4 is 5.97 Å². The highest BCUT2D eigenvalue weighted by molar-refractivity contribution is 5.74. The van der Waals surface area contributed by atoms with Crippen LogP contribution in [0.15, 0.2) is 12.1 Å². The molecule has 0 bridgehead atoms. The Balaban J connectivity index is 2.02. The zero-order valence-electron chi connectivity index (χ0n) is 12.8. The SMILES string of the molecule is Cc1cc(C)c2c(c1)C(N1CCCC1C(=O)O)CCCO2. The molecule has 0 saturated carbocycles. The molecule has 3 rings (SSSR count). The predicted octanol–water partition coefficient (Wildman–Crippen LogP) is 3.07. The van der Waals surface area contributed by atoms with Gasteiger partial charge in [0.2, 0.25) is 0 Å². The number of likely N-dealkylation sites (tertiary alicyclic amines) is 1. The lowest BCUT2D eigenvalue weighted by Crippen LogP contribution is -2.38. The fourth-order valence-corrected chi connectivity index (χ4v) is 3.81. The summed E-state index contributed by atoms with van der Waals surface area (Å²) in [6.07, 6.45) is 3.67. The Morgan fingerprint density at radius 2 is 2.10 bits per heavy atom. The Hall–Kier alpha value is -1.55. The van der Waals surface area contributed by atoms with Crippen LogP contribution in [0.5, 0.6) is 5.75 Å².